The lowest BCUT2D eigenvalue weighted by atomic mass is 10.2. The molecule has 7 nitrogen and oxygen atoms in total. The summed E-state index contributed by atoms with van der Waals surface area (Å²) in [6, 6.07) is 7.07. The fraction of sp³-hybridized carbons (Fsp3) is 0.267. The molecule has 2 aromatic rings. The van der Waals surface area contributed by atoms with E-state index in [1.807, 2.05) is 25.1 Å². The largest absolute Gasteiger partial charge is 0.378 e. The second kappa shape index (κ2) is 6.30. The number of aromatic nitrogens is 1. The van der Waals surface area contributed by atoms with Gasteiger partial charge in [0.15, 0.2) is 0 Å². The maximum Gasteiger partial charge on any atom is 0.275 e. The number of anilines is 1. The van der Waals surface area contributed by atoms with E-state index in [0.29, 0.717) is 22.6 Å². The molecule has 0 saturated heterocycles. The minimum absolute atomic E-state index is 0.322. The molecular formula is C15H18N4O3. The Morgan fingerprint density at radius 3 is 2.41 bits per heavy atom. The Hall–Kier alpha value is -2.83. The van der Waals surface area contributed by atoms with Crippen LogP contribution in [0.15, 0.2) is 28.8 Å². The summed E-state index contributed by atoms with van der Waals surface area (Å²) in [7, 11) is 3.77. The Morgan fingerprint density at radius 1 is 1.14 bits per heavy atom. The summed E-state index contributed by atoms with van der Waals surface area (Å²) in [6.07, 6.45) is 0. The number of carbonyl (C=O) groups excluding carboxylic acids is 2. The Morgan fingerprint density at radius 2 is 1.82 bits per heavy atom. The van der Waals surface area contributed by atoms with Gasteiger partial charge in [0.25, 0.3) is 11.8 Å². The fourth-order valence-electron chi connectivity index (χ4n) is 1.98. The molecular weight excluding hydrogens is 284 g/mol. The molecule has 0 fully saturated rings. The Labute approximate surface area is 128 Å². The molecule has 0 aliphatic carbocycles. The fourth-order valence-corrected chi connectivity index (χ4v) is 1.98. The van der Waals surface area contributed by atoms with E-state index >= 15 is 0 Å². The van der Waals surface area contributed by atoms with Crippen molar-refractivity contribution < 1.29 is 14.1 Å². The highest BCUT2D eigenvalue weighted by Gasteiger charge is 2.18. The van der Waals surface area contributed by atoms with Crippen molar-refractivity contribution in [3.8, 4) is 0 Å². The topological polar surface area (TPSA) is 87.5 Å². The molecule has 0 saturated carbocycles. The highest BCUT2D eigenvalue weighted by Crippen LogP contribution is 2.13. The molecule has 2 amide bonds. The van der Waals surface area contributed by atoms with Gasteiger partial charge in [0.1, 0.15) is 11.3 Å². The summed E-state index contributed by atoms with van der Waals surface area (Å²) in [5, 5.41) is 3.70. The molecule has 0 spiro atoms. The van der Waals surface area contributed by atoms with Crippen molar-refractivity contribution in [2.24, 2.45) is 0 Å². The van der Waals surface area contributed by atoms with Crippen LogP contribution in [0.1, 0.15) is 32.2 Å². The second-order valence-electron chi connectivity index (χ2n) is 5.05. The first-order valence-electron chi connectivity index (χ1n) is 6.71. The van der Waals surface area contributed by atoms with Gasteiger partial charge in [0, 0.05) is 25.3 Å². The molecule has 0 unspecified atom stereocenters. The van der Waals surface area contributed by atoms with E-state index in [9.17, 15) is 9.59 Å². The number of benzene rings is 1. The zero-order chi connectivity index (χ0) is 16.3. The first kappa shape index (κ1) is 15.6. The molecule has 1 heterocycles. The van der Waals surface area contributed by atoms with E-state index in [4.69, 9.17) is 4.52 Å². The van der Waals surface area contributed by atoms with Crippen molar-refractivity contribution >= 4 is 17.5 Å². The predicted molar refractivity (Wildman–Crippen MR) is 81.7 cm³/mol. The molecule has 7 heteroatoms. The molecule has 116 valence electrons. The van der Waals surface area contributed by atoms with Crippen LogP contribution in [0.3, 0.4) is 0 Å². The van der Waals surface area contributed by atoms with Gasteiger partial charge in [-0.1, -0.05) is 11.2 Å². The Balaban J connectivity index is 2.04. The van der Waals surface area contributed by atoms with Crippen LogP contribution in [-0.2, 0) is 0 Å². The Kier molecular flexibility index (Phi) is 4.45. The first-order chi connectivity index (χ1) is 10.4. The summed E-state index contributed by atoms with van der Waals surface area (Å²) in [4.78, 5) is 26.0. The van der Waals surface area contributed by atoms with Crippen LogP contribution in [0, 0.1) is 13.8 Å². The third kappa shape index (κ3) is 3.25. The highest BCUT2D eigenvalue weighted by molar-refractivity contribution is 6.00. The molecule has 2 N–H and O–H groups in total. The van der Waals surface area contributed by atoms with Crippen LogP contribution >= 0.6 is 0 Å². The normalized spacial score (nSPS) is 10.2. The molecule has 2 rings (SSSR count). The second-order valence-corrected chi connectivity index (χ2v) is 5.05. The summed E-state index contributed by atoms with van der Waals surface area (Å²) < 4.78 is 4.92. The number of hydrogen-bond donors (Lipinski definition) is 2. The third-order valence-corrected chi connectivity index (χ3v) is 3.17. The number of carbonyl (C=O) groups is 2. The maximum absolute atomic E-state index is 12.1. The molecule has 1 aromatic heterocycles. The monoisotopic (exact) mass is 302 g/mol. The van der Waals surface area contributed by atoms with Crippen LogP contribution in [0.2, 0.25) is 0 Å². The van der Waals surface area contributed by atoms with Crippen molar-refractivity contribution in [2.45, 2.75) is 13.8 Å². The smallest absolute Gasteiger partial charge is 0.275 e. The van der Waals surface area contributed by atoms with Crippen molar-refractivity contribution in [2.75, 3.05) is 19.0 Å². The third-order valence-electron chi connectivity index (χ3n) is 3.17. The lowest BCUT2D eigenvalue weighted by molar-refractivity contribution is 0.0845. The number of nitrogens with one attached hydrogen (secondary N) is 2. The number of nitrogens with zero attached hydrogens (tertiary/aromatic N) is 2. The van der Waals surface area contributed by atoms with E-state index in [1.165, 1.54) is 0 Å². The number of aryl methyl sites for hydroxylation is 2. The van der Waals surface area contributed by atoms with Crippen molar-refractivity contribution in [1.82, 2.24) is 16.0 Å². The quantitative estimate of drug-likeness (QED) is 0.838. The van der Waals surface area contributed by atoms with E-state index in [1.54, 1.807) is 32.0 Å². The molecule has 1 aromatic carbocycles. The molecule has 0 aliphatic rings. The molecule has 0 bridgehead atoms. The van der Waals surface area contributed by atoms with Gasteiger partial charge in [0.05, 0.1) is 5.69 Å². The zero-order valence-corrected chi connectivity index (χ0v) is 12.9. The van der Waals surface area contributed by atoms with Gasteiger partial charge < -0.3 is 9.42 Å². The number of hydrazine groups is 1. The first-order valence-corrected chi connectivity index (χ1v) is 6.71. The molecule has 0 atom stereocenters. The van der Waals surface area contributed by atoms with Gasteiger partial charge in [-0.25, -0.2) is 0 Å². The van der Waals surface area contributed by atoms with Crippen LogP contribution in [0.25, 0.3) is 0 Å². The van der Waals surface area contributed by atoms with Gasteiger partial charge >= 0.3 is 0 Å². The maximum atomic E-state index is 12.1. The summed E-state index contributed by atoms with van der Waals surface area (Å²) in [6.45, 7) is 3.30. The summed E-state index contributed by atoms with van der Waals surface area (Å²) in [5.74, 6) is -0.462. The molecule has 0 radical (unpaired) electrons. The highest BCUT2D eigenvalue weighted by atomic mass is 16.5. The minimum Gasteiger partial charge on any atom is -0.378 e. The summed E-state index contributed by atoms with van der Waals surface area (Å²) in [5.41, 5.74) is 6.88. The SMILES string of the molecule is Cc1noc(C)c1C(=O)NNC(=O)c1cccc(N(C)C)c1. The van der Waals surface area contributed by atoms with E-state index in [2.05, 4.69) is 16.0 Å². The average Bonchev–Trinajstić information content (AvgIpc) is 2.83. The molecule has 22 heavy (non-hydrogen) atoms. The van der Waals surface area contributed by atoms with Gasteiger partial charge in [-0.2, -0.15) is 0 Å². The number of rotatable bonds is 3. The van der Waals surface area contributed by atoms with Gasteiger partial charge in [-0.05, 0) is 32.0 Å². The average molecular weight is 302 g/mol. The standard InChI is InChI=1S/C15H18N4O3/c1-9-13(10(2)22-18-9)15(21)17-16-14(20)11-6-5-7-12(8-11)19(3)4/h5-8H,1-4H3,(H,16,20)(H,17,21). The number of hydrogen-bond acceptors (Lipinski definition) is 5. The van der Waals surface area contributed by atoms with Gasteiger partial charge in [0.2, 0.25) is 0 Å². The van der Waals surface area contributed by atoms with Crippen LogP contribution < -0.4 is 15.8 Å². The van der Waals surface area contributed by atoms with Crippen LogP contribution in [0.4, 0.5) is 5.69 Å². The zero-order valence-electron chi connectivity index (χ0n) is 12.9. The predicted octanol–water partition coefficient (Wildman–Crippen LogP) is 1.43. The molecule has 0 aliphatic heterocycles. The minimum atomic E-state index is -0.464. The summed E-state index contributed by atoms with van der Waals surface area (Å²) >= 11 is 0. The van der Waals surface area contributed by atoms with E-state index in [-0.39, 0.29) is 0 Å². The van der Waals surface area contributed by atoms with E-state index in [0.717, 1.165) is 5.69 Å². The Bertz CT molecular complexity index is 687. The lowest BCUT2D eigenvalue weighted by Gasteiger charge is -2.13. The van der Waals surface area contributed by atoms with Crippen molar-refractivity contribution in [3.05, 3.63) is 46.8 Å². The van der Waals surface area contributed by atoms with Crippen LogP contribution in [-0.4, -0.2) is 31.1 Å². The van der Waals surface area contributed by atoms with Gasteiger partial charge in [-0.3, -0.25) is 20.4 Å². The van der Waals surface area contributed by atoms with Crippen molar-refractivity contribution in [1.29, 1.82) is 0 Å². The lowest BCUT2D eigenvalue weighted by Crippen LogP contribution is -2.42. The van der Waals surface area contributed by atoms with Crippen LogP contribution in [0.5, 0.6) is 0 Å². The van der Waals surface area contributed by atoms with E-state index < -0.39 is 11.8 Å². The number of amides is 2. The van der Waals surface area contributed by atoms with Gasteiger partial charge in [-0.15, -0.1) is 0 Å². The van der Waals surface area contributed by atoms with Crippen molar-refractivity contribution in [3.63, 3.8) is 0 Å².